The maximum absolute atomic E-state index is 3.62. The van der Waals surface area contributed by atoms with E-state index in [1.807, 2.05) is 0 Å². The average Bonchev–Trinajstić information content (AvgIpc) is 2.29. The Balaban J connectivity index is 2.41. The molecule has 0 aliphatic rings. The average molecular weight is 247 g/mol. The van der Waals surface area contributed by atoms with E-state index in [1.165, 1.54) is 30.4 Å². The molecule has 1 N–H and O–H groups in total. The van der Waals surface area contributed by atoms with Crippen molar-refractivity contribution < 1.29 is 0 Å². The quantitative estimate of drug-likeness (QED) is 0.788. The highest BCUT2D eigenvalue weighted by Gasteiger charge is 2.22. The van der Waals surface area contributed by atoms with Gasteiger partial charge in [0.05, 0.1) is 0 Å². The molecule has 0 aliphatic carbocycles. The maximum atomic E-state index is 3.62. The van der Waals surface area contributed by atoms with Gasteiger partial charge >= 0.3 is 0 Å². The van der Waals surface area contributed by atoms with Crippen LogP contribution in [0.2, 0.25) is 0 Å². The van der Waals surface area contributed by atoms with Gasteiger partial charge in [0.1, 0.15) is 0 Å². The minimum absolute atomic E-state index is 0.350. The summed E-state index contributed by atoms with van der Waals surface area (Å²) in [6.07, 6.45) is 3.71. The van der Waals surface area contributed by atoms with Gasteiger partial charge in [-0.05, 0) is 43.7 Å². The molecular formula is C17H29N. The fraction of sp³-hybridized carbons (Fsp3) is 0.647. The van der Waals surface area contributed by atoms with Crippen molar-refractivity contribution in [3.05, 3.63) is 35.4 Å². The molecule has 0 heterocycles. The number of benzene rings is 1. The summed E-state index contributed by atoms with van der Waals surface area (Å²) in [7, 11) is 0. The molecule has 0 fully saturated rings. The van der Waals surface area contributed by atoms with E-state index in [1.54, 1.807) is 0 Å². The van der Waals surface area contributed by atoms with E-state index < -0.39 is 0 Å². The van der Waals surface area contributed by atoms with Crippen molar-refractivity contribution in [3.8, 4) is 0 Å². The molecule has 0 radical (unpaired) electrons. The van der Waals surface area contributed by atoms with Crippen LogP contribution < -0.4 is 5.32 Å². The second kappa shape index (κ2) is 6.94. The first kappa shape index (κ1) is 15.2. The second-order valence-electron chi connectivity index (χ2n) is 6.35. The van der Waals surface area contributed by atoms with Crippen molar-refractivity contribution in [2.75, 3.05) is 6.54 Å². The van der Waals surface area contributed by atoms with Crippen molar-refractivity contribution in [2.24, 2.45) is 5.41 Å². The summed E-state index contributed by atoms with van der Waals surface area (Å²) in [4.78, 5) is 0. The first-order valence-corrected chi connectivity index (χ1v) is 7.22. The SMILES string of the molecule is CCNC(CCCc1ccc(C)cc1)C(C)(C)C. The summed E-state index contributed by atoms with van der Waals surface area (Å²) in [6, 6.07) is 9.55. The lowest BCUT2D eigenvalue weighted by atomic mass is 9.83. The van der Waals surface area contributed by atoms with Crippen LogP contribution in [0.15, 0.2) is 24.3 Å². The van der Waals surface area contributed by atoms with Gasteiger partial charge < -0.3 is 5.32 Å². The smallest absolute Gasteiger partial charge is 0.0116 e. The van der Waals surface area contributed by atoms with Gasteiger partial charge in [-0.3, -0.25) is 0 Å². The Morgan fingerprint density at radius 3 is 2.22 bits per heavy atom. The van der Waals surface area contributed by atoms with E-state index >= 15 is 0 Å². The van der Waals surface area contributed by atoms with Crippen molar-refractivity contribution in [2.45, 2.75) is 59.9 Å². The van der Waals surface area contributed by atoms with Gasteiger partial charge in [-0.1, -0.05) is 57.5 Å². The lowest BCUT2D eigenvalue weighted by Crippen LogP contribution is -2.40. The molecule has 0 spiro atoms. The highest BCUT2D eigenvalue weighted by molar-refractivity contribution is 5.21. The van der Waals surface area contributed by atoms with Crippen LogP contribution in [-0.2, 0) is 6.42 Å². The number of aryl methyl sites for hydroxylation is 2. The zero-order valence-corrected chi connectivity index (χ0v) is 12.7. The minimum atomic E-state index is 0.350. The first-order chi connectivity index (χ1) is 8.43. The summed E-state index contributed by atoms with van der Waals surface area (Å²) >= 11 is 0. The Morgan fingerprint density at radius 1 is 1.11 bits per heavy atom. The van der Waals surface area contributed by atoms with E-state index in [9.17, 15) is 0 Å². The zero-order valence-electron chi connectivity index (χ0n) is 12.7. The molecule has 1 aromatic rings. The van der Waals surface area contributed by atoms with Crippen LogP contribution in [0.5, 0.6) is 0 Å². The molecular weight excluding hydrogens is 218 g/mol. The first-order valence-electron chi connectivity index (χ1n) is 7.22. The molecule has 1 heteroatoms. The van der Waals surface area contributed by atoms with E-state index in [4.69, 9.17) is 0 Å². The fourth-order valence-electron chi connectivity index (χ4n) is 2.35. The minimum Gasteiger partial charge on any atom is -0.314 e. The molecule has 0 amide bonds. The van der Waals surface area contributed by atoms with Crippen LogP contribution >= 0.6 is 0 Å². The molecule has 0 aliphatic heterocycles. The van der Waals surface area contributed by atoms with Crippen molar-refractivity contribution in [1.82, 2.24) is 5.32 Å². The van der Waals surface area contributed by atoms with E-state index in [2.05, 4.69) is 64.2 Å². The maximum Gasteiger partial charge on any atom is 0.0116 e. The van der Waals surface area contributed by atoms with Gasteiger partial charge in [-0.15, -0.1) is 0 Å². The highest BCUT2D eigenvalue weighted by Crippen LogP contribution is 2.23. The molecule has 18 heavy (non-hydrogen) atoms. The second-order valence-corrected chi connectivity index (χ2v) is 6.35. The summed E-state index contributed by atoms with van der Waals surface area (Å²) in [5.74, 6) is 0. The molecule has 1 unspecified atom stereocenters. The topological polar surface area (TPSA) is 12.0 Å². The Bertz CT molecular complexity index is 332. The van der Waals surface area contributed by atoms with Gasteiger partial charge in [-0.25, -0.2) is 0 Å². The van der Waals surface area contributed by atoms with Crippen molar-refractivity contribution in [3.63, 3.8) is 0 Å². The third-order valence-electron chi connectivity index (χ3n) is 3.57. The predicted molar refractivity (Wildman–Crippen MR) is 81.0 cm³/mol. The number of rotatable bonds is 6. The number of hydrogen-bond acceptors (Lipinski definition) is 1. The van der Waals surface area contributed by atoms with E-state index in [-0.39, 0.29) is 0 Å². The Kier molecular flexibility index (Phi) is 5.87. The third-order valence-corrected chi connectivity index (χ3v) is 3.57. The molecule has 0 aromatic heterocycles. The summed E-state index contributed by atoms with van der Waals surface area (Å²) < 4.78 is 0. The molecule has 0 bridgehead atoms. The van der Waals surface area contributed by atoms with Gasteiger partial charge in [-0.2, -0.15) is 0 Å². The van der Waals surface area contributed by atoms with Crippen LogP contribution in [-0.4, -0.2) is 12.6 Å². The molecule has 0 saturated heterocycles. The van der Waals surface area contributed by atoms with Gasteiger partial charge in [0, 0.05) is 6.04 Å². The van der Waals surface area contributed by atoms with Gasteiger partial charge in [0.15, 0.2) is 0 Å². The van der Waals surface area contributed by atoms with Crippen molar-refractivity contribution >= 4 is 0 Å². The molecule has 102 valence electrons. The third kappa shape index (κ3) is 5.22. The fourth-order valence-corrected chi connectivity index (χ4v) is 2.35. The number of nitrogens with one attached hydrogen (secondary N) is 1. The van der Waals surface area contributed by atoms with Crippen LogP contribution in [0, 0.1) is 12.3 Å². The summed E-state index contributed by atoms with van der Waals surface area (Å²) in [5.41, 5.74) is 3.16. The monoisotopic (exact) mass is 247 g/mol. The van der Waals surface area contributed by atoms with E-state index in [0.717, 1.165) is 6.54 Å². The lowest BCUT2D eigenvalue weighted by molar-refractivity contribution is 0.254. The van der Waals surface area contributed by atoms with Gasteiger partial charge in [0.2, 0.25) is 0 Å². The number of hydrogen-bond donors (Lipinski definition) is 1. The molecule has 1 nitrogen and oxygen atoms in total. The summed E-state index contributed by atoms with van der Waals surface area (Å²) in [6.45, 7) is 12.4. The van der Waals surface area contributed by atoms with Crippen molar-refractivity contribution in [1.29, 1.82) is 0 Å². The van der Waals surface area contributed by atoms with Crippen LogP contribution in [0.1, 0.15) is 51.7 Å². The van der Waals surface area contributed by atoms with Crippen LogP contribution in [0.4, 0.5) is 0 Å². The molecule has 1 aromatic carbocycles. The largest absolute Gasteiger partial charge is 0.314 e. The molecule has 1 rings (SSSR count). The van der Waals surface area contributed by atoms with Crippen LogP contribution in [0.25, 0.3) is 0 Å². The van der Waals surface area contributed by atoms with Gasteiger partial charge in [0.25, 0.3) is 0 Å². The zero-order chi connectivity index (χ0) is 13.6. The molecule has 0 saturated carbocycles. The standard InChI is InChI=1S/C17H29N/c1-6-18-16(17(3,4)5)9-7-8-15-12-10-14(2)11-13-15/h10-13,16,18H,6-9H2,1-5H3. The predicted octanol–water partition coefficient (Wildman–Crippen LogP) is 4.34. The Hall–Kier alpha value is -0.820. The lowest BCUT2D eigenvalue weighted by Gasteiger charge is -2.31. The van der Waals surface area contributed by atoms with E-state index in [0.29, 0.717) is 11.5 Å². The molecule has 1 atom stereocenters. The highest BCUT2D eigenvalue weighted by atomic mass is 14.9. The Labute approximate surface area is 113 Å². The summed E-state index contributed by atoms with van der Waals surface area (Å²) in [5, 5.41) is 3.62. The van der Waals surface area contributed by atoms with Crippen LogP contribution in [0.3, 0.4) is 0 Å². The normalized spacial score (nSPS) is 13.6. The Morgan fingerprint density at radius 2 is 1.72 bits per heavy atom.